The van der Waals surface area contributed by atoms with Crippen LogP contribution in [0.4, 0.5) is 0 Å². The number of ether oxygens (including phenoxy) is 1. The Hall–Kier alpha value is -1.88. The minimum atomic E-state index is -0.425. The van der Waals surface area contributed by atoms with Crippen molar-refractivity contribution in [3.05, 3.63) is 44.4 Å². The molecule has 2 heterocycles. The Morgan fingerprint density at radius 1 is 1.32 bits per heavy atom. The van der Waals surface area contributed by atoms with Gasteiger partial charge in [0.25, 0.3) is 5.91 Å². The molecule has 0 spiro atoms. The first-order chi connectivity index (χ1) is 10.4. The van der Waals surface area contributed by atoms with Crippen molar-refractivity contribution in [2.24, 2.45) is 0 Å². The summed E-state index contributed by atoms with van der Waals surface area (Å²) in [5.41, 5.74) is 4.53. The van der Waals surface area contributed by atoms with Gasteiger partial charge in [-0.3, -0.25) is 4.79 Å². The maximum Gasteiger partial charge on any atom is 0.261 e. The van der Waals surface area contributed by atoms with E-state index in [4.69, 9.17) is 4.74 Å². The van der Waals surface area contributed by atoms with Crippen molar-refractivity contribution < 1.29 is 9.53 Å². The summed E-state index contributed by atoms with van der Waals surface area (Å²) in [5, 5.41) is 3.99. The zero-order valence-electron chi connectivity index (χ0n) is 13.3. The highest BCUT2D eigenvalue weighted by molar-refractivity contribution is 7.11. The monoisotopic (exact) mass is 316 g/mol. The number of carbonyl (C=O) groups is 1. The number of nitrogens with one attached hydrogen (secondary N) is 1. The molecule has 0 saturated heterocycles. The van der Waals surface area contributed by atoms with Gasteiger partial charge in [-0.05, 0) is 50.5 Å². The fourth-order valence-corrected chi connectivity index (χ4v) is 3.56. The van der Waals surface area contributed by atoms with E-state index in [0.717, 1.165) is 26.9 Å². The van der Waals surface area contributed by atoms with Crippen LogP contribution in [0.5, 0.6) is 5.75 Å². The maximum absolute atomic E-state index is 12.3. The number of aryl methyl sites for hydroxylation is 4. The zero-order valence-corrected chi connectivity index (χ0v) is 14.1. The molecule has 22 heavy (non-hydrogen) atoms. The molecule has 0 saturated carbocycles. The molecule has 0 fully saturated rings. The lowest BCUT2D eigenvalue weighted by atomic mass is 10.0. The van der Waals surface area contributed by atoms with E-state index in [1.54, 1.807) is 11.3 Å². The van der Waals surface area contributed by atoms with Crippen molar-refractivity contribution >= 4 is 17.2 Å². The van der Waals surface area contributed by atoms with Crippen molar-refractivity contribution in [1.29, 1.82) is 0 Å². The quantitative estimate of drug-likeness (QED) is 0.947. The molecule has 1 atom stereocenters. The highest BCUT2D eigenvalue weighted by Gasteiger charge is 2.29. The van der Waals surface area contributed by atoms with Crippen LogP contribution in [0.15, 0.2) is 12.1 Å². The van der Waals surface area contributed by atoms with Crippen LogP contribution in [0, 0.1) is 27.7 Å². The van der Waals surface area contributed by atoms with Crippen LogP contribution in [0.3, 0.4) is 0 Å². The predicted octanol–water partition coefficient (Wildman–Crippen LogP) is 3.00. The minimum Gasteiger partial charge on any atom is -0.480 e. The van der Waals surface area contributed by atoms with Crippen LogP contribution < -0.4 is 10.1 Å². The summed E-state index contributed by atoms with van der Waals surface area (Å²) in [6, 6.07) is 4.14. The molecule has 3 rings (SSSR count). The highest BCUT2D eigenvalue weighted by atomic mass is 32.1. The molecule has 1 aliphatic rings. The number of aromatic nitrogens is 1. The highest BCUT2D eigenvalue weighted by Crippen LogP contribution is 2.31. The van der Waals surface area contributed by atoms with E-state index in [9.17, 15) is 4.79 Å². The van der Waals surface area contributed by atoms with Gasteiger partial charge in [0.2, 0.25) is 0 Å². The first-order valence-corrected chi connectivity index (χ1v) is 8.23. The molecule has 2 aromatic rings. The number of fused-ring (bicyclic) bond motifs is 1. The fraction of sp³-hybridized carbons (Fsp3) is 0.412. The van der Waals surface area contributed by atoms with Crippen LogP contribution in [0.2, 0.25) is 0 Å². The van der Waals surface area contributed by atoms with E-state index >= 15 is 0 Å². The number of amides is 1. The summed E-state index contributed by atoms with van der Waals surface area (Å²) in [7, 11) is 0. The smallest absolute Gasteiger partial charge is 0.261 e. The van der Waals surface area contributed by atoms with Gasteiger partial charge in [0.15, 0.2) is 6.10 Å². The van der Waals surface area contributed by atoms with Crippen LogP contribution in [-0.4, -0.2) is 17.0 Å². The van der Waals surface area contributed by atoms with E-state index in [-0.39, 0.29) is 5.91 Å². The van der Waals surface area contributed by atoms with Crippen molar-refractivity contribution in [3.63, 3.8) is 0 Å². The zero-order chi connectivity index (χ0) is 15.9. The Morgan fingerprint density at radius 3 is 2.73 bits per heavy atom. The molecule has 0 radical (unpaired) electrons. The summed E-state index contributed by atoms with van der Waals surface area (Å²) in [5.74, 6) is 0.782. The molecule has 1 aliphatic heterocycles. The largest absolute Gasteiger partial charge is 0.480 e. The second kappa shape index (κ2) is 5.72. The number of benzene rings is 1. The second-order valence-corrected chi connectivity index (χ2v) is 7.10. The molecule has 0 unspecified atom stereocenters. The standard InChI is InChI=1S/C17H20N2O2S/c1-9-5-13-7-15(21-14(13)6-10(9)2)17(20)18-8-16-11(3)19-12(4)22-16/h5-6,15H,7-8H2,1-4H3,(H,18,20)/t15-/m0/s1. The lowest BCUT2D eigenvalue weighted by molar-refractivity contribution is -0.127. The van der Waals surface area contributed by atoms with Gasteiger partial charge in [0.05, 0.1) is 17.2 Å². The summed E-state index contributed by atoms with van der Waals surface area (Å²) in [6.45, 7) is 8.60. The van der Waals surface area contributed by atoms with Crippen molar-refractivity contribution in [2.45, 2.75) is 46.8 Å². The Labute approximate surface area is 134 Å². The van der Waals surface area contributed by atoms with Crippen LogP contribution in [0.25, 0.3) is 0 Å². The van der Waals surface area contributed by atoms with Gasteiger partial charge in [-0.2, -0.15) is 0 Å². The molecule has 1 N–H and O–H groups in total. The number of carbonyl (C=O) groups excluding carboxylic acids is 1. The molecule has 0 aliphatic carbocycles. The Morgan fingerprint density at radius 2 is 2.05 bits per heavy atom. The molecule has 1 amide bonds. The summed E-state index contributed by atoms with van der Waals surface area (Å²) < 4.78 is 5.80. The van der Waals surface area contributed by atoms with Gasteiger partial charge in [-0.25, -0.2) is 4.98 Å². The van der Waals surface area contributed by atoms with Gasteiger partial charge in [0.1, 0.15) is 5.75 Å². The number of thiazole rings is 1. The van der Waals surface area contributed by atoms with Crippen LogP contribution >= 0.6 is 11.3 Å². The lowest BCUT2D eigenvalue weighted by Crippen LogP contribution is -2.36. The van der Waals surface area contributed by atoms with Gasteiger partial charge >= 0.3 is 0 Å². The van der Waals surface area contributed by atoms with Crippen LogP contribution in [-0.2, 0) is 17.8 Å². The van der Waals surface area contributed by atoms with Crippen LogP contribution in [0.1, 0.15) is 32.3 Å². The van der Waals surface area contributed by atoms with Crippen molar-refractivity contribution in [1.82, 2.24) is 10.3 Å². The van der Waals surface area contributed by atoms with Gasteiger partial charge in [0, 0.05) is 11.3 Å². The van der Waals surface area contributed by atoms with E-state index in [2.05, 4.69) is 30.2 Å². The van der Waals surface area contributed by atoms with E-state index in [0.29, 0.717) is 13.0 Å². The normalized spacial score (nSPS) is 16.3. The third kappa shape index (κ3) is 2.86. The fourth-order valence-electron chi connectivity index (χ4n) is 2.68. The lowest BCUT2D eigenvalue weighted by Gasteiger charge is -2.11. The summed E-state index contributed by atoms with van der Waals surface area (Å²) >= 11 is 1.62. The molecule has 0 bridgehead atoms. The maximum atomic E-state index is 12.3. The van der Waals surface area contributed by atoms with Gasteiger partial charge in [-0.1, -0.05) is 6.07 Å². The first-order valence-electron chi connectivity index (χ1n) is 7.41. The summed E-state index contributed by atoms with van der Waals surface area (Å²) in [6.07, 6.45) is 0.216. The number of hydrogen-bond donors (Lipinski definition) is 1. The van der Waals surface area contributed by atoms with E-state index in [1.807, 2.05) is 19.9 Å². The average Bonchev–Trinajstić information content (AvgIpc) is 2.99. The van der Waals surface area contributed by atoms with Crippen molar-refractivity contribution in [3.8, 4) is 5.75 Å². The Balaban J connectivity index is 1.64. The first kappa shape index (κ1) is 15.0. The summed E-state index contributed by atoms with van der Waals surface area (Å²) in [4.78, 5) is 17.8. The minimum absolute atomic E-state index is 0.0584. The average molecular weight is 316 g/mol. The van der Waals surface area contributed by atoms with Crippen molar-refractivity contribution in [2.75, 3.05) is 0 Å². The Kier molecular flexibility index (Phi) is 3.91. The predicted molar refractivity (Wildman–Crippen MR) is 87.5 cm³/mol. The molecular weight excluding hydrogens is 296 g/mol. The SMILES string of the molecule is Cc1nc(C)c(CNC(=O)[C@@H]2Cc3cc(C)c(C)cc3O2)s1. The molecule has 116 valence electrons. The molecule has 5 heteroatoms. The van der Waals surface area contributed by atoms with E-state index < -0.39 is 6.10 Å². The number of nitrogens with zero attached hydrogens (tertiary/aromatic N) is 1. The molecule has 4 nitrogen and oxygen atoms in total. The van der Waals surface area contributed by atoms with E-state index in [1.165, 1.54) is 11.1 Å². The third-order valence-corrected chi connectivity index (χ3v) is 5.14. The van der Waals surface area contributed by atoms with Gasteiger partial charge in [-0.15, -0.1) is 11.3 Å². The second-order valence-electron chi connectivity index (χ2n) is 5.81. The van der Waals surface area contributed by atoms with Gasteiger partial charge < -0.3 is 10.1 Å². The molecule has 1 aromatic heterocycles. The Bertz CT molecular complexity index is 706. The number of rotatable bonds is 3. The third-order valence-electron chi connectivity index (χ3n) is 4.07. The topological polar surface area (TPSA) is 51.2 Å². The molecular formula is C17H20N2O2S. The molecule has 1 aromatic carbocycles. The number of hydrogen-bond acceptors (Lipinski definition) is 4.